The van der Waals surface area contributed by atoms with Crippen LogP contribution in [-0.2, 0) is 6.54 Å². The molecule has 3 heterocycles. The van der Waals surface area contributed by atoms with Crippen molar-refractivity contribution < 1.29 is 0 Å². The van der Waals surface area contributed by atoms with Gasteiger partial charge >= 0.3 is 0 Å². The third-order valence-electron chi connectivity index (χ3n) is 2.60. The van der Waals surface area contributed by atoms with Crippen molar-refractivity contribution in [3.8, 4) is 11.5 Å². The van der Waals surface area contributed by atoms with E-state index in [-0.39, 0.29) is 0 Å². The van der Waals surface area contributed by atoms with Crippen LogP contribution >= 0.6 is 35.2 Å². The number of H-pyrrole nitrogens is 1. The number of pyridine rings is 1. The van der Waals surface area contributed by atoms with Crippen LogP contribution in [0.25, 0.3) is 11.5 Å². The number of rotatable bonds is 3. The minimum absolute atomic E-state index is 0.574. The molecule has 0 atom stereocenters. The molecule has 0 aliphatic carbocycles. The van der Waals surface area contributed by atoms with Crippen LogP contribution in [0.3, 0.4) is 0 Å². The topological polar surface area (TPSA) is 46.5 Å². The SMILES string of the molecule is S=c1[nH]nc(-c2ccccn2)n1Cc1ccc(Cl)s1. The molecule has 3 aromatic heterocycles. The third-order valence-corrected chi connectivity index (χ3v) is 4.12. The minimum Gasteiger partial charge on any atom is -0.294 e. The van der Waals surface area contributed by atoms with E-state index in [0.29, 0.717) is 11.3 Å². The molecule has 3 aromatic rings. The second-order valence-corrected chi connectivity index (χ2v) is 6.05. The second kappa shape index (κ2) is 5.24. The lowest BCUT2D eigenvalue weighted by molar-refractivity contribution is 0.799. The summed E-state index contributed by atoms with van der Waals surface area (Å²) in [4.78, 5) is 5.42. The van der Waals surface area contributed by atoms with E-state index in [1.807, 2.05) is 34.9 Å². The molecule has 0 saturated carbocycles. The van der Waals surface area contributed by atoms with Crippen LogP contribution in [-0.4, -0.2) is 19.7 Å². The van der Waals surface area contributed by atoms with Crippen molar-refractivity contribution in [2.75, 3.05) is 0 Å². The number of halogens is 1. The zero-order valence-corrected chi connectivity index (χ0v) is 12.1. The number of nitrogens with one attached hydrogen (secondary N) is 1. The zero-order valence-electron chi connectivity index (χ0n) is 9.71. The summed E-state index contributed by atoms with van der Waals surface area (Å²) in [6, 6.07) is 9.57. The van der Waals surface area contributed by atoms with Gasteiger partial charge in [-0.3, -0.25) is 14.6 Å². The molecule has 0 radical (unpaired) electrons. The Kier molecular flexibility index (Phi) is 3.46. The van der Waals surface area contributed by atoms with Crippen LogP contribution in [0.15, 0.2) is 36.5 Å². The highest BCUT2D eigenvalue weighted by atomic mass is 35.5. The molecule has 4 nitrogen and oxygen atoms in total. The monoisotopic (exact) mass is 308 g/mol. The standard InChI is InChI=1S/C12H9ClN4S2/c13-10-5-4-8(19-10)7-17-11(15-16-12(17)18)9-3-1-2-6-14-9/h1-6H,7H2,(H,16,18). The number of hydrogen-bond acceptors (Lipinski definition) is 4. The number of nitrogens with zero attached hydrogens (tertiary/aromatic N) is 3. The predicted molar refractivity (Wildman–Crippen MR) is 79.1 cm³/mol. The maximum Gasteiger partial charge on any atom is 0.195 e. The lowest BCUT2D eigenvalue weighted by Crippen LogP contribution is -2.01. The zero-order chi connectivity index (χ0) is 13.2. The molecule has 0 unspecified atom stereocenters. The average molecular weight is 309 g/mol. The Morgan fingerprint density at radius 1 is 1.32 bits per heavy atom. The van der Waals surface area contributed by atoms with Gasteiger partial charge in [0.2, 0.25) is 0 Å². The summed E-state index contributed by atoms with van der Waals surface area (Å²) in [6.07, 6.45) is 1.74. The smallest absolute Gasteiger partial charge is 0.195 e. The fourth-order valence-corrected chi connectivity index (χ4v) is 3.02. The molecular weight excluding hydrogens is 300 g/mol. The predicted octanol–water partition coefficient (Wildman–Crippen LogP) is 3.77. The van der Waals surface area contributed by atoms with E-state index in [1.165, 1.54) is 11.3 Å². The Morgan fingerprint density at radius 3 is 2.89 bits per heavy atom. The number of aromatic amines is 1. The van der Waals surface area contributed by atoms with Crippen molar-refractivity contribution in [2.45, 2.75) is 6.54 Å². The summed E-state index contributed by atoms with van der Waals surface area (Å²) in [5.41, 5.74) is 0.789. The molecule has 0 spiro atoms. The van der Waals surface area contributed by atoms with Crippen molar-refractivity contribution in [1.29, 1.82) is 0 Å². The van der Waals surface area contributed by atoms with Crippen LogP contribution < -0.4 is 0 Å². The van der Waals surface area contributed by atoms with Gasteiger partial charge in [-0.25, -0.2) is 0 Å². The summed E-state index contributed by atoms with van der Waals surface area (Å²) >= 11 is 12.7. The van der Waals surface area contributed by atoms with Crippen molar-refractivity contribution in [3.05, 3.63) is 50.5 Å². The van der Waals surface area contributed by atoms with E-state index in [0.717, 1.165) is 20.7 Å². The molecule has 19 heavy (non-hydrogen) atoms. The van der Waals surface area contributed by atoms with Gasteiger partial charge in [-0.2, -0.15) is 5.10 Å². The first-order chi connectivity index (χ1) is 9.24. The maximum atomic E-state index is 5.94. The van der Waals surface area contributed by atoms with Crippen LogP contribution in [0.1, 0.15) is 4.88 Å². The van der Waals surface area contributed by atoms with Crippen molar-refractivity contribution in [2.24, 2.45) is 0 Å². The van der Waals surface area contributed by atoms with Crippen molar-refractivity contribution >= 4 is 35.2 Å². The van der Waals surface area contributed by atoms with Gasteiger partial charge < -0.3 is 0 Å². The normalized spacial score (nSPS) is 10.8. The number of thiophene rings is 1. The first kappa shape index (κ1) is 12.5. The third kappa shape index (κ3) is 2.60. The maximum absolute atomic E-state index is 5.94. The summed E-state index contributed by atoms with van der Waals surface area (Å²) < 4.78 is 3.26. The van der Waals surface area contributed by atoms with Gasteiger partial charge in [0.05, 0.1) is 10.9 Å². The van der Waals surface area contributed by atoms with Gasteiger partial charge in [0, 0.05) is 11.1 Å². The quantitative estimate of drug-likeness (QED) is 0.749. The van der Waals surface area contributed by atoms with E-state index in [9.17, 15) is 0 Å². The highest BCUT2D eigenvalue weighted by Crippen LogP contribution is 2.24. The van der Waals surface area contributed by atoms with E-state index in [1.54, 1.807) is 6.20 Å². The van der Waals surface area contributed by atoms with Gasteiger partial charge in [0.15, 0.2) is 10.6 Å². The molecule has 3 rings (SSSR count). The summed E-state index contributed by atoms with van der Waals surface area (Å²) in [5, 5.41) is 7.05. The Hall–Kier alpha value is -1.50. The minimum atomic E-state index is 0.574. The molecule has 0 saturated heterocycles. The van der Waals surface area contributed by atoms with Gasteiger partial charge in [0.1, 0.15) is 5.69 Å². The molecule has 96 valence electrons. The molecule has 0 bridgehead atoms. The molecule has 0 aliphatic rings. The largest absolute Gasteiger partial charge is 0.294 e. The lowest BCUT2D eigenvalue weighted by Gasteiger charge is -2.04. The lowest BCUT2D eigenvalue weighted by atomic mass is 10.3. The Balaban J connectivity index is 2.02. The van der Waals surface area contributed by atoms with E-state index in [4.69, 9.17) is 23.8 Å². The van der Waals surface area contributed by atoms with Gasteiger partial charge in [0.25, 0.3) is 0 Å². The van der Waals surface area contributed by atoms with Crippen LogP contribution in [0.2, 0.25) is 4.34 Å². The van der Waals surface area contributed by atoms with Crippen LogP contribution in [0.5, 0.6) is 0 Å². The van der Waals surface area contributed by atoms with Crippen LogP contribution in [0.4, 0.5) is 0 Å². The molecule has 0 aliphatic heterocycles. The fourth-order valence-electron chi connectivity index (χ4n) is 1.75. The Labute approximate surface area is 123 Å². The highest BCUT2D eigenvalue weighted by Gasteiger charge is 2.11. The number of hydrogen-bond donors (Lipinski definition) is 1. The molecular formula is C12H9ClN4S2. The molecule has 0 aromatic carbocycles. The Morgan fingerprint density at radius 2 is 2.21 bits per heavy atom. The summed E-state index contributed by atoms with van der Waals surface area (Å²) in [6.45, 7) is 0.638. The van der Waals surface area contributed by atoms with E-state index >= 15 is 0 Å². The summed E-state index contributed by atoms with van der Waals surface area (Å²) in [7, 11) is 0. The summed E-state index contributed by atoms with van der Waals surface area (Å²) in [5.74, 6) is 0.732. The van der Waals surface area contributed by atoms with E-state index in [2.05, 4.69) is 15.2 Å². The molecule has 0 amide bonds. The molecule has 7 heteroatoms. The first-order valence-electron chi connectivity index (χ1n) is 5.55. The number of aromatic nitrogens is 4. The van der Waals surface area contributed by atoms with Crippen molar-refractivity contribution in [1.82, 2.24) is 19.7 Å². The van der Waals surface area contributed by atoms with Gasteiger partial charge in [-0.05, 0) is 36.5 Å². The van der Waals surface area contributed by atoms with Gasteiger partial charge in [-0.15, -0.1) is 11.3 Å². The average Bonchev–Trinajstić information content (AvgIpc) is 2.99. The van der Waals surface area contributed by atoms with E-state index < -0.39 is 0 Å². The second-order valence-electron chi connectivity index (χ2n) is 3.86. The van der Waals surface area contributed by atoms with Crippen molar-refractivity contribution in [3.63, 3.8) is 0 Å². The molecule has 0 fully saturated rings. The fraction of sp³-hybridized carbons (Fsp3) is 0.0833. The van der Waals surface area contributed by atoms with Crippen LogP contribution in [0, 0.1) is 4.77 Å². The first-order valence-corrected chi connectivity index (χ1v) is 7.15. The Bertz CT molecular complexity index is 744. The molecule has 1 N–H and O–H groups in total. The van der Waals surface area contributed by atoms with Gasteiger partial charge in [-0.1, -0.05) is 17.7 Å². The highest BCUT2D eigenvalue weighted by molar-refractivity contribution is 7.71.